The minimum absolute atomic E-state index is 0.394. The molecule has 0 aromatic rings. The molecule has 15 heavy (non-hydrogen) atoms. The number of aliphatic carboxylic acids is 1. The Morgan fingerprint density at radius 2 is 1.87 bits per heavy atom. The molecule has 0 unspecified atom stereocenters. The quantitative estimate of drug-likeness (QED) is 0.708. The van der Waals surface area contributed by atoms with Crippen LogP contribution >= 0.6 is 11.8 Å². The fourth-order valence-corrected chi connectivity index (χ4v) is 2.66. The van der Waals surface area contributed by atoms with E-state index in [1.807, 2.05) is 13.8 Å². The highest BCUT2D eigenvalue weighted by atomic mass is 32.2. The van der Waals surface area contributed by atoms with Gasteiger partial charge in [0.05, 0.1) is 0 Å². The van der Waals surface area contributed by atoms with E-state index in [1.165, 1.54) is 0 Å². The summed E-state index contributed by atoms with van der Waals surface area (Å²) in [6.07, 6.45) is 2.28. The molecule has 0 saturated heterocycles. The molecule has 0 saturated carbocycles. The van der Waals surface area contributed by atoms with Gasteiger partial charge in [0, 0.05) is 4.75 Å². The standard InChI is InChI=1S/C11H23NO2S/c1-5-8(6-2)7-15-11(3,4)9(12)10(13)14/h8-9H,5-7,12H2,1-4H3,(H,13,14)/t9-/m0/s1. The van der Waals surface area contributed by atoms with Crippen LogP contribution in [0.3, 0.4) is 0 Å². The van der Waals surface area contributed by atoms with E-state index >= 15 is 0 Å². The van der Waals surface area contributed by atoms with Crippen LogP contribution in [0.1, 0.15) is 40.5 Å². The third-order valence-corrected chi connectivity index (χ3v) is 4.50. The third kappa shape index (κ3) is 4.89. The van der Waals surface area contributed by atoms with E-state index in [9.17, 15) is 4.79 Å². The van der Waals surface area contributed by atoms with Crippen molar-refractivity contribution in [1.29, 1.82) is 0 Å². The number of hydrogen-bond acceptors (Lipinski definition) is 3. The second kappa shape index (κ2) is 6.38. The van der Waals surface area contributed by atoms with Gasteiger partial charge in [-0.1, -0.05) is 26.7 Å². The highest BCUT2D eigenvalue weighted by molar-refractivity contribution is 8.00. The fourth-order valence-electron chi connectivity index (χ4n) is 1.24. The summed E-state index contributed by atoms with van der Waals surface area (Å²) in [6.45, 7) is 8.13. The van der Waals surface area contributed by atoms with Gasteiger partial charge in [0.15, 0.2) is 0 Å². The lowest BCUT2D eigenvalue weighted by molar-refractivity contribution is -0.139. The Kier molecular flexibility index (Phi) is 6.29. The molecule has 3 nitrogen and oxygen atoms in total. The summed E-state index contributed by atoms with van der Waals surface area (Å²) >= 11 is 1.67. The lowest BCUT2D eigenvalue weighted by atomic mass is 10.0. The molecule has 1 atom stereocenters. The van der Waals surface area contributed by atoms with Gasteiger partial charge in [-0.25, -0.2) is 0 Å². The molecule has 0 amide bonds. The van der Waals surface area contributed by atoms with E-state index < -0.39 is 16.8 Å². The predicted molar refractivity (Wildman–Crippen MR) is 66.2 cm³/mol. The first-order valence-electron chi connectivity index (χ1n) is 5.47. The van der Waals surface area contributed by atoms with E-state index in [0.29, 0.717) is 5.92 Å². The van der Waals surface area contributed by atoms with Crippen LogP contribution in [0.25, 0.3) is 0 Å². The second-order valence-electron chi connectivity index (χ2n) is 4.41. The van der Waals surface area contributed by atoms with Crippen molar-refractivity contribution >= 4 is 17.7 Å². The zero-order valence-electron chi connectivity index (χ0n) is 10.1. The topological polar surface area (TPSA) is 63.3 Å². The van der Waals surface area contributed by atoms with Crippen molar-refractivity contribution in [2.75, 3.05) is 5.75 Å². The number of carbonyl (C=O) groups is 1. The summed E-state index contributed by atoms with van der Waals surface area (Å²) in [5.41, 5.74) is 5.64. The lowest BCUT2D eigenvalue weighted by Gasteiger charge is -2.29. The Balaban J connectivity index is 4.19. The van der Waals surface area contributed by atoms with Gasteiger partial charge < -0.3 is 10.8 Å². The molecule has 0 heterocycles. The zero-order valence-corrected chi connectivity index (χ0v) is 10.9. The molecule has 0 spiro atoms. The molecule has 0 radical (unpaired) electrons. The molecule has 4 heteroatoms. The van der Waals surface area contributed by atoms with Crippen molar-refractivity contribution < 1.29 is 9.90 Å². The van der Waals surface area contributed by atoms with Gasteiger partial charge in [-0.2, -0.15) is 11.8 Å². The van der Waals surface area contributed by atoms with Gasteiger partial charge in [-0.05, 0) is 25.5 Å². The summed E-state index contributed by atoms with van der Waals surface area (Å²) in [5, 5.41) is 8.86. The number of carboxylic acid groups (broad SMARTS) is 1. The van der Waals surface area contributed by atoms with Crippen molar-refractivity contribution in [2.24, 2.45) is 11.7 Å². The molecule has 3 N–H and O–H groups in total. The molecule has 0 aliphatic carbocycles. The molecule has 0 rings (SSSR count). The second-order valence-corrected chi connectivity index (χ2v) is 6.09. The minimum atomic E-state index is -0.919. The van der Waals surface area contributed by atoms with Crippen molar-refractivity contribution in [3.63, 3.8) is 0 Å². The molecule has 0 bridgehead atoms. The van der Waals surface area contributed by atoms with Crippen molar-refractivity contribution in [1.82, 2.24) is 0 Å². The Hall–Kier alpha value is -0.220. The van der Waals surface area contributed by atoms with E-state index in [-0.39, 0.29) is 0 Å². The summed E-state index contributed by atoms with van der Waals surface area (Å²) in [4.78, 5) is 10.8. The van der Waals surface area contributed by atoms with Crippen molar-refractivity contribution in [2.45, 2.75) is 51.3 Å². The Bertz CT molecular complexity index is 203. The molecule has 90 valence electrons. The summed E-state index contributed by atoms with van der Waals surface area (Å²) in [7, 11) is 0. The summed E-state index contributed by atoms with van der Waals surface area (Å²) in [6, 6.07) is -0.795. The number of rotatable bonds is 7. The van der Waals surface area contributed by atoms with Gasteiger partial charge in [-0.15, -0.1) is 0 Å². The fraction of sp³-hybridized carbons (Fsp3) is 0.909. The van der Waals surface area contributed by atoms with E-state index in [2.05, 4.69) is 13.8 Å². The first kappa shape index (κ1) is 14.8. The smallest absolute Gasteiger partial charge is 0.321 e. The average Bonchev–Trinajstić information content (AvgIpc) is 2.18. The first-order chi connectivity index (χ1) is 6.85. The molecule has 0 fully saturated rings. The molecule has 0 aromatic heterocycles. The van der Waals surface area contributed by atoms with Crippen LogP contribution in [0.5, 0.6) is 0 Å². The van der Waals surface area contributed by atoms with Gasteiger partial charge in [0.2, 0.25) is 0 Å². The van der Waals surface area contributed by atoms with Gasteiger partial charge in [0.1, 0.15) is 6.04 Å². The molecule has 0 aromatic carbocycles. The highest BCUT2D eigenvalue weighted by Crippen LogP contribution is 2.30. The van der Waals surface area contributed by atoms with Crippen LogP contribution in [0.2, 0.25) is 0 Å². The van der Waals surface area contributed by atoms with Crippen LogP contribution in [0.15, 0.2) is 0 Å². The van der Waals surface area contributed by atoms with Crippen LogP contribution in [0.4, 0.5) is 0 Å². The maximum atomic E-state index is 10.8. The molecule has 0 aliphatic rings. The Morgan fingerprint density at radius 1 is 1.40 bits per heavy atom. The monoisotopic (exact) mass is 233 g/mol. The van der Waals surface area contributed by atoms with Crippen molar-refractivity contribution in [3.05, 3.63) is 0 Å². The highest BCUT2D eigenvalue weighted by Gasteiger charge is 2.32. The van der Waals surface area contributed by atoms with Crippen LogP contribution < -0.4 is 5.73 Å². The number of carboxylic acids is 1. The largest absolute Gasteiger partial charge is 0.480 e. The maximum absolute atomic E-state index is 10.8. The maximum Gasteiger partial charge on any atom is 0.321 e. The number of hydrogen-bond donors (Lipinski definition) is 2. The Morgan fingerprint density at radius 3 is 2.20 bits per heavy atom. The lowest BCUT2D eigenvalue weighted by Crippen LogP contribution is -2.47. The Labute approximate surface area is 96.8 Å². The van der Waals surface area contributed by atoms with E-state index in [0.717, 1.165) is 18.6 Å². The van der Waals surface area contributed by atoms with Gasteiger partial charge in [-0.3, -0.25) is 4.79 Å². The molecular formula is C11H23NO2S. The van der Waals surface area contributed by atoms with Crippen LogP contribution in [0, 0.1) is 5.92 Å². The van der Waals surface area contributed by atoms with Crippen LogP contribution in [-0.2, 0) is 4.79 Å². The van der Waals surface area contributed by atoms with E-state index in [4.69, 9.17) is 10.8 Å². The predicted octanol–water partition coefficient (Wildman–Crippen LogP) is 2.35. The SMILES string of the molecule is CCC(CC)CSC(C)(C)[C@@H](N)C(=O)O. The van der Waals surface area contributed by atoms with E-state index in [1.54, 1.807) is 11.8 Å². The van der Waals surface area contributed by atoms with Gasteiger partial charge in [0.25, 0.3) is 0 Å². The first-order valence-corrected chi connectivity index (χ1v) is 6.46. The minimum Gasteiger partial charge on any atom is -0.480 e. The third-order valence-electron chi connectivity index (χ3n) is 2.86. The van der Waals surface area contributed by atoms with Crippen molar-refractivity contribution in [3.8, 4) is 0 Å². The number of thioether (sulfide) groups is 1. The van der Waals surface area contributed by atoms with Crippen LogP contribution in [-0.4, -0.2) is 27.6 Å². The molecular weight excluding hydrogens is 210 g/mol. The van der Waals surface area contributed by atoms with Gasteiger partial charge >= 0.3 is 5.97 Å². The normalized spacial score (nSPS) is 14.3. The average molecular weight is 233 g/mol. The number of nitrogens with two attached hydrogens (primary N) is 1. The summed E-state index contributed by atoms with van der Waals surface area (Å²) in [5.74, 6) is 0.730. The zero-order chi connectivity index (χ0) is 12.1. The molecule has 0 aliphatic heterocycles. The summed E-state index contributed by atoms with van der Waals surface area (Å²) < 4.78 is -0.394.